The van der Waals surface area contributed by atoms with E-state index in [-0.39, 0.29) is 0 Å². The molecule has 0 saturated carbocycles. The highest BCUT2D eigenvalue weighted by atomic mass is 16.5. The summed E-state index contributed by atoms with van der Waals surface area (Å²) in [6, 6.07) is 3.83. The van der Waals surface area contributed by atoms with Gasteiger partial charge in [-0.2, -0.15) is 0 Å². The molecule has 1 N–H and O–H groups in total. The number of fused-ring (bicyclic) bond motifs is 3. The molecule has 1 aromatic heterocycles. The van der Waals surface area contributed by atoms with Crippen LogP contribution in [0.3, 0.4) is 0 Å². The van der Waals surface area contributed by atoms with E-state index in [1.54, 1.807) is 7.11 Å². The second-order valence-corrected chi connectivity index (χ2v) is 5.32. The molecule has 0 aliphatic carbocycles. The molecule has 1 aromatic carbocycles. The summed E-state index contributed by atoms with van der Waals surface area (Å²) in [5.74, 6) is -0.126. The number of carboxylic acids is 1. The Bertz CT molecular complexity index is 703. The number of nitrogens with zero attached hydrogens (tertiary/aromatic N) is 2. The van der Waals surface area contributed by atoms with E-state index in [0.717, 1.165) is 41.0 Å². The number of rotatable bonds is 2. The standard InChI is InChI=1S/C15H18N2O3/c1-9-4-5-11(20-3)14-12(9)13(15(18)19)10-8-16(2)6-7-17(10)14/h4-5H,6-8H2,1-3H3,(H,18,19). The molecule has 1 aliphatic heterocycles. The lowest BCUT2D eigenvalue weighted by molar-refractivity contribution is 0.0695. The Morgan fingerprint density at radius 3 is 2.75 bits per heavy atom. The normalized spacial score (nSPS) is 15.3. The second-order valence-electron chi connectivity index (χ2n) is 5.32. The highest BCUT2D eigenvalue weighted by Gasteiger charge is 2.28. The van der Waals surface area contributed by atoms with Crippen molar-refractivity contribution in [1.82, 2.24) is 9.47 Å². The Balaban J connectivity index is 2.45. The van der Waals surface area contributed by atoms with Crippen molar-refractivity contribution in [2.75, 3.05) is 20.7 Å². The molecule has 0 fully saturated rings. The fourth-order valence-electron chi connectivity index (χ4n) is 3.08. The van der Waals surface area contributed by atoms with E-state index in [1.165, 1.54) is 0 Å². The summed E-state index contributed by atoms with van der Waals surface area (Å²) in [6.45, 7) is 4.30. The van der Waals surface area contributed by atoms with E-state index < -0.39 is 5.97 Å². The zero-order valence-corrected chi connectivity index (χ0v) is 11.9. The number of likely N-dealkylation sites (N-methyl/N-ethyl adjacent to an activating group) is 1. The van der Waals surface area contributed by atoms with E-state index in [1.807, 2.05) is 26.1 Å². The summed E-state index contributed by atoms with van der Waals surface area (Å²) in [5.41, 5.74) is 3.17. The minimum Gasteiger partial charge on any atom is -0.495 e. The van der Waals surface area contributed by atoms with Gasteiger partial charge >= 0.3 is 5.97 Å². The molecule has 0 bridgehead atoms. The predicted octanol–water partition coefficient (Wildman–Crippen LogP) is 2.10. The van der Waals surface area contributed by atoms with Crippen LogP contribution in [0.4, 0.5) is 0 Å². The van der Waals surface area contributed by atoms with Crippen molar-refractivity contribution in [3.05, 3.63) is 29.0 Å². The highest BCUT2D eigenvalue weighted by molar-refractivity contribution is 6.08. The SMILES string of the molecule is COc1ccc(C)c2c(C(=O)O)c3n(c12)CCN(C)C3. The maximum Gasteiger partial charge on any atom is 0.338 e. The number of carboxylic acid groups (broad SMARTS) is 1. The number of aromatic nitrogens is 1. The number of aryl methyl sites for hydroxylation is 1. The van der Waals surface area contributed by atoms with Crippen LogP contribution < -0.4 is 4.74 Å². The number of benzene rings is 1. The average molecular weight is 274 g/mol. The molecule has 0 radical (unpaired) electrons. The summed E-state index contributed by atoms with van der Waals surface area (Å²) >= 11 is 0. The van der Waals surface area contributed by atoms with Crippen molar-refractivity contribution in [3.63, 3.8) is 0 Å². The van der Waals surface area contributed by atoms with E-state index in [2.05, 4.69) is 9.47 Å². The van der Waals surface area contributed by atoms with Crippen LogP contribution in [0.5, 0.6) is 5.75 Å². The van der Waals surface area contributed by atoms with E-state index in [9.17, 15) is 9.90 Å². The zero-order chi connectivity index (χ0) is 14.4. The lowest BCUT2D eigenvalue weighted by Crippen LogP contribution is -2.31. The number of ether oxygens (including phenoxy) is 1. The van der Waals surface area contributed by atoms with Crippen molar-refractivity contribution in [3.8, 4) is 5.75 Å². The van der Waals surface area contributed by atoms with Crippen molar-refractivity contribution in [1.29, 1.82) is 0 Å². The van der Waals surface area contributed by atoms with Crippen molar-refractivity contribution in [2.24, 2.45) is 0 Å². The summed E-state index contributed by atoms with van der Waals surface area (Å²) in [5, 5.41) is 10.4. The van der Waals surface area contributed by atoms with Crippen molar-refractivity contribution < 1.29 is 14.6 Å². The van der Waals surface area contributed by atoms with Gasteiger partial charge in [-0.25, -0.2) is 4.79 Å². The summed E-state index contributed by atoms with van der Waals surface area (Å²) in [6.07, 6.45) is 0. The molecule has 5 heteroatoms. The van der Waals surface area contributed by atoms with Gasteiger partial charge in [-0.1, -0.05) is 6.07 Å². The Morgan fingerprint density at radius 1 is 1.35 bits per heavy atom. The largest absolute Gasteiger partial charge is 0.495 e. The molecular formula is C15H18N2O3. The highest BCUT2D eigenvalue weighted by Crippen LogP contribution is 2.37. The molecule has 3 rings (SSSR count). The lowest BCUT2D eigenvalue weighted by Gasteiger charge is -2.25. The van der Waals surface area contributed by atoms with Crippen LogP contribution in [0.25, 0.3) is 10.9 Å². The minimum absolute atomic E-state index is 0.419. The van der Waals surface area contributed by atoms with Gasteiger partial charge < -0.3 is 14.4 Å². The smallest absolute Gasteiger partial charge is 0.338 e. The minimum atomic E-state index is -0.865. The van der Waals surface area contributed by atoms with Crippen LogP contribution in [-0.4, -0.2) is 41.2 Å². The van der Waals surface area contributed by atoms with Crippen LogP contribution in [0.1, 0.15) is 21.6 Å². The van der Waals surface area contributed by atoms with Gasteiger partial charge in [0.1, 0.15) is 5.75 Å². The van der Waals surface area contributed by atoms with Gasteiger partial charge in [0.25, 0.3) is 0 Å². The first-order chi connectivity index (χ1) is 9.54. The number of aromatic carboxylic acids is 1. The van der Waals surface area contributed by atoms with Crippen molar-refractivity contribution in [2.45, 2.75) is 20.0 Å². The summed E-state index contributed by atoms with van der Waals surface area (Å²) < 4.78 is 7.54. The maximum atomic E-state index is 11.7. The maximum absolute atomic E-state index is 11.7. The first-order valence-electron chi connectivity index (χ1n) is 6.65. The van der Waals surface area contributed by atoms with E-state index in [4.69, 9.17) is 4.74 Å². The Morgan fingerprint density at radius 2 is 2.10 bits per heavy atom. The Labute approximate surface area is 117 Å². The van der Waals surface area contributed by atoms with Gasteiger partial charge in [0.15, 0.2) is 0 Å². The molecule has 106 valence electrons. The van der Waals surface area contributed by atoms with Crippen LogP contribution >= 0.6 is 0 Å². The van der Waals surface area contributed by atoms with Crippen LogP contribution in [0, 0.1) is 6.92 Å². The molecule has 0 atom stereocenters. The topological polar surface area (TPSA) is 54.7 Å². The van der Waals surface area contributed by atoms with Gasteiger partial charge in [-0.15, -0.1) is 0 Å². The molecule has 20 heavy (non-hydrogen) atoms. The fourth-order valence-corrected chi connectivity index (χ4v) is 3.08. The first-order valence-corrected chi connectivity index (χ1v) is 6.65. The molecule has 2 heterocycles. The molecule has 2 aromatic rings. The number of carbonyl (C=O) groups is 1. The third-order valence-electron chi connectivity index (χ3n) is 4.04. The molecule has 1 aliphatic rings. The molecular weight excluding hydrogens is 256 g/mol. The fraction of sp³-hybridized carbons (Fsp3) is 0.400. The van der Waals surface area contributed by atoms with Gasteiger partial charge in [0, 0.05) is 30.7 Å². The Hall–Kier alpha value is -2.01. The third-order valence-corrected chi connectivity index (χ3v) is 4.04. The monoisotopic (exact) mass is 274 g/mol. The molecule has 5 nitrogen and oxygen atoms in total. The predicted molar refractivity (Wildman–Crippen MR) is 76.5 cm³/mol. The molecule has 0 saturated heterocycles. The Kier molecular flexibility index (Phi) is 2.94. The van der Waals surface area contributed by atoms with Crippen molar-refractivity contribution >= 4 is 16.9 Å². The average Bonchev–Trinajstić information content (AvgIpc) is 2.74. The number of hydrogen-bond acceptors (Lipinski definition) is 3. The van der Waals surface area contributed by atoms with Gasteiger partial charge in [0.2, 0.25) is 0 Å². The van der Waals surface area contributed by atoms with Gasteiger partial charge in [0.05, 0.1) is 18.2 Å². The van der Waals surface area contributed by atoms with E-state index >= 15 is 0 Å². The first kappa shape index (κ1) is 13.0. The summed E-state index contributed by atoms with van der Waals surface area (Å²) in [7, 11) is 3.64. The van der Waals surface area contributed by atoms with Crippen LogP contribution in [-0.2, 0) is 13.1 Å². The van der Waals surface area contributed by atoms with Gasteiger partial charge in [-0.3, -0.25) is 4.90 Å². The number of hydrogen-bond donors (Lipinski definition) is 1. The summed E-state index contributed by atoms with van der Waals surface area (Å²) in [4.78, 5) is 13.9. The lowest BCUT2D eigenvalue weighted by atomic mass is 10.0. The van der Waals surface area contributed by atoms with Crippen LogP contribution in [0.2, 0.25) is 0 Å². The molecule has 0 spiro atoms. The van der Waals surface area contributed by atoms with Crippen LogP contribution in [0.15, 0.2) is 12.1 Å². The molecule has 0 amide bonds. The third kappa shape index (κ3) is 1.70. The van der Waals surface area contributed by atoms with Gasteiger partial charge in [-0.05, 0) is 25.6 Å². The zero-order valence-electron chi connectivity index (χ0n) is 11.9. The van der Waals surface area contributed by atoms with E-state index in [0.29, 0.717) is 12.1 Å². The second kappa shape index (κ2) is 4.52. The quantitative estimate of drug-likeness (QED) is 0.911. The number of methoxy groups -OCH3 is 1. The molecule has 0 unspecified atom stereocenters.